The monoisotopic (exact) mass is 424 g/mol. The Morgan fingerprint density at radius 3 is 2.73 bits per heavy atom. The van der Waals surface area contributed by atoms with Crippen LogP contribution in [0.4, 0.5) is 10.9 Å². The Labute approximate surface area is 176 Å². The van der Waals surface area contributed by atoms with E-state index in [4.69, 9.17) is 4.74 Å². The van der Waals surface area contributed by atoms with Gasteiger partial charge >= 0.3 is 5.97 Å². The van der Waals surface area contributed by atoms with Crippen LogP contribution in [0.3, 0.4) is 0 Å². The second kappa shape index (κ2) is 8.07. The molecule has 0 aliphatic heterocycles. The number of hydrogen-bond donors (Lipinski definition) is 2. The first-order valence-corrected chi connectivity index (χ1v) is 10.2. The Bertz CT molecular complexity index is 1200. The number of benzene rings is 1. The number of rotatable bonds is 6. The van der Waals surface area contributed by atoms with Crippen molar-refractivity contribution in [3.05, 3.63) is 58.4 Å². The molecule has 0 spiro atoms. The summed E-state index contributed by atoms with van der Waals surface area (Å²) in [6.07, 6.45) is 0. The Balaban J connectivity index is 1.62. The van der Waals surface area contributed by atoms with Crippen molar-refractivity contribution in [2.75, 3.05) is 11.9 Å². The van der Waals surface area contributed by atoms with Crippen molar-refractivity contribution in [3.63, 3.8) is 0 Å². The standard InChI is InChI=1S/C20H20N6O3S/c1-4-29-19(28)17-12(3)21-20(30-17)22-15-9-10-16-23-24-18(26(16)25-15)11(2)13-5-7-14(27)8-6-13/h5-11,27H,4H2,1-3H3,(H,21,22,25)/t11-/m0/s1. The molecule has 10 heteroatoms. The molecule has 3 heterocycles. The van der Waals surface area contributed by atoms with Crippen LogP contribution in [-0.2, 0) is 4.74 Å². The second-order valence-electron chi connectivity index (χ2n) is 6.64. The molecule has 0 amide bonds. The fourth-order valence-corrected chi connectivity index (χ4v) is 3.87. The van der Waals surface area contributed by atoms with Gasteiger partial charge in [-0.3, -0.25) is 0 Å². The molecule has 1 atom stereocenters. The summed E-state index contributed by atoms with van der Waals surface area (Å²) in [7, 11) is 0. The second-order valence-corrected chi connectivity index (χ2v) is 7.64. The van der Waals surface area contributed by atoms with Crippen molar-refractivity contribution in [2.24, 2.45) is 0 Å². The summed E-state index contributed by atoms with van der Waals surface area (Å²) >= 11 is 1.22. The van der Waals surface area contributed by atoms with Crippen molar-refractivity contribution in [3.8, 4) is 5.75 Å². The van der Waals surface area contributed by atoms with Gasteiger partial charge in [0.05, 0.1) is 12.3 Å². The van der Waals surface area contributed by atoms with E-state index in [0.29, 0.717) is 39.6 Å². The highest BCUT2D eigenvalue weighted by atomic mass is 32.1. The lowest BCUT2D eigenvalue weighted by molar-refractivity contribution is 0.0531. The summed E-state index contributed by atoms with van der Waals surface area (Å²) in [6.45, 7) is 5.84. The molecule has 0 aliphatic carbocycles. The summed E-state index contributed by atoms with van der Waals surface area (Å²) in [4.78, 5) is 16.9. The summed E-state index contributed by atoms with van der Waals surface area (Å²) in [5.41, 5.74) is 2.20. The van der Waals surface area contributed by atoms with Gasteiger partial charge in [-0.1, -0.05) is 30.4 Å². The van der Waals surface area contributed by atoms with Crippen LogP contribution in [0, 0.1) is 6.92 Å². The van der Waals surface area contributed by atoms with Crippen LogP contribution in [0.5, 0.6) is 5.75 Å². The van der Waals surface area contributed by atoms with Gasteiger partial charge in [0.15, 0.2) is 22.4 Å². The maximum Gasteiger partial charge on any atom is 0.350 e. The third kappa shape index (κ3) is 3.81. The fraction of sp³-hybridized carbons (Fsp3) is 0.250. The van der Waals surface area contributed by atoms with Crippen LogP contribution in [0.25, 0.3) is 5.65 Å². The molecular weight excluding hydrogens is 404 g/mol. The van der Waals surface area contributed by atoms with Crippen LogP contribution in [0.15, 0.2) is 36.4 Å². The Kier molecular flexibility index (Phi) is 5.32. The molecule has 0 bridgehead atoms. The highest BCUT2D eigenvalue weighted by molar-refractivity contribution is 7.17. The van der Waals surface area contributed by atoms with E-state index in [1.165, 1.54) is 11.3 Å². The zero-order valence-electron chi connectivity index (χ0n) is 16.7. The average Bonchev–Trinajstić information content (AvgIpc) is 3.31. The van der Waals surface area contributed by atoms with Crippen molar-refractivity contribution in [1.29, 1.82) is 0 Å². The molecule has 154 valence electrons. The Morgan fingerprint density at radius 1 is 1.23 bits per heavy atom. The molecule has 0 unspecified atom stereocenters. The van der Waals surface area contributed by atoms with E-state index in [1.807, 2.05) is 25.1 Å². The number of hydrogen-bond acceptors (Lipinski definition) is 9. The lowest BCUT2D eigenvalue weighted by Gasteiger charge is -2.10. The van der Waals surface area contributed by atoms with Crippen LogP contribution >= 0.6 is 11.3 Å². The predicted molar refractivity (Wildman–Crippen MR) is 112 cm³/mol. The van der Waals surface area contributed by atoms with Crippen LogP contribution in [-0.4, -0.2) is 42.5 Å². The zero-order chi connectivity index (χ0) is 21.3. The Hall–Kier alpha value is -3.53. The first kappa shape index (κ1) is 19.8. The normalized spacial score (nSPS) is 12.1. The average molecular weight is 424 g/mol. The molecule has 0 radical (unpaired) electrons. The number of nitrogens with one attached hydrogen (secondary N) is 1. The first-order valence-electron chi connectivity index (χ1n) is 9.39. The highest BCUT2D eigenvalue weighted by Crippen LogP contribution is 2.27. The number of aryl methyl sites for hydroxylation is 1. The number of esters is 1. The van der Waals surface area contributed by atoms with Crippen LogP contribution in [0.2, 0.25) is 0 Å². The van der Waals surface area contributed by atoms with Gasteiger partial charge in [-0.15, -0.1) is 15.3 Å². The van der Waals surface area contributed by atoms with Gasteiger partial charge in [0.25, 0.3) is 0 Å². The minimum atomic E-state index is -0.382. The smallest absolute Gasteiger partial charge is 0.350 e. The number of ether oxygens (including phenoxy) is 1. The van der Waals surface area contributed by atoms with E-state index < -0.39 is 0 Å². The minimum Gasteiger partial charge on any atom is -0.508 e. The zero-order valence-corrected chi connectivity index (χ0v) is 17.5. The molecule has 2 N–H and O–H groups in total. The molecule has 0 fully saturated rings. The van der Waals surface area contributed by atoms with Crippen molar-refractivity contribution in [2.45, 2.75) is 26.7 Å². The minimum absolute atomic E-state index is 0.0825. The molecule has 1 aromatic carbocycles. The third-order valence-electron chi connectivity index (χ3n) is 4.56. The van der Waals surface area contributed by atoms with Gasteiger partial charge < -0.3 is 15.2 Å². The number of thiazole rings is 1. The number of phenolic OH excluding ortho intramolecular Hbond substituents is 1. The van der Waals surface area contributed by atoms with Crippen LogP contribution < -0.4 is 5.32 Å². The molecule has 9 nitrogen and oxygen atoms in total. The van der Waals surface area contributed by atoms with Gasteiger partial charge in [0, 0.05) is 5.92 Å². The predicted octanol–water partition coefficient (Wildman–Crippen LogP) is 3.67. The molecule has 4 rings (SSSR count). The maximum atomic E-state index is 12.0. The summed E-state index contributed by atoms with van der Waals surface area (Å²) in [5.74, 6) is 0.962. The van der Waals surface area contributed by atoms with E-state index in [2.05, 4.69) is 25.6 Å². The van der Waals surface area contributed by atoms with Gasteiger partial charge in [0.1, 0.15) is 10.6 Å². The number of carbonyl (C=O) groups excluding carboxylic acids is 1. The SMILES string of the molecule is CCOC(=O)c1sc(Nc2ccc3nnc([C@@H](C)c4ccc(O)cc4)n3n2)nc1C. The lowest BCUT2D eigenvalue weighted by Crippen LogP contribution is -2.06. The summed E-state index contributed by atoms with van der Waals surface area (Å²) < 4.78 is 6.74. The Morgan fingerprint density at radius 2 is 2.00 bits per heavy atom. The molecule has 0 saturated carbocycles. The van der Waals surface area contributed by atoms with Crippen molar-refractivity contribution >= 4 is 33.9 Å². The van der Waals surface area contributed by atoms with Crippen molar-refractivity contribution < 1.29 is 14.6 Å². The van der Waals surface area contributed by atoms with Gasteiger partial charge in [-0.05, 0) is 43.7 Å². The quantitative estimate of drug-likeness (QED) is 0.451. The van der Waals surface area contributed by atoms with Crippen LogP contribution in [0.1, 0.15) is 46.5 Å². The van der Waals surface area contributed by atoms with Gasteiger partial charge in [-0.2, -0.15) is 4.52 Å². The highest BCUT2D eigenvalue weighted by Gasteiger charge is 2.19. The molecule has 0 saturated heterocycles. The molecule has 0 aliphatic rings. The largest absolute Gasteiger partial charge is 0.508 e. The molecular formula is C20H20N6O3S. The number of carbonyl (C=O) groups is 1. The lowest BCUT2D eigenvalue weighted by atomic mass is 10.0. The maximum absolute atomic E-state index is 12.0. The first-order chi connectivity index (χ1) is 14.5. The van der Waals surface area contributed by atoms with Gasteiger partial charge in [0.2, 0.25) is 0 Å². The number of aromatic hydroxyl groups is 1. The topological polar surface area (TPSA) is 115 Å². The molecule has 30 heavy (non-hydrogen) atoms. The van der Waals surface area contributed by atoms with E-state index in [9.17, 15) is 9.90 Å². The summed E-state index contributed by atoms with van der Waals surface area (Å²) in [6, 6.07) is 10.6. The number of anilines is 2. The van der Waals surface area contributed by atoms with Crippen molar-refractivity contribution in [1.82, 2.24) is 24.8 Å². The summed E-state index contributed by atoms with van der Waals surface area (Å²) in [5, 5.41) is 26.3. The fourth-order valence-electron chi connectivity index (χ4n) is 3.00. The van der Waals surface area contributed by atoms with E-state index in [-0.39, 0.29) is 17.6 Å². The molecule has 3 aromatic heterocycles. The number of fused-ring (bicyclic) bond motifs is 1. The van der Waals surface area contributed by atoms with Gasteiger partial charge in [-0.25, -0.2) is 9.78 Å². The van der Waals surface area contributed by atoms with E-state index in [0.717, 1.165) is 5.56 Å². The third-order valence-corrected chi connectivity index (χ3v) is 5.61. The number of phenols is 1. The number of nitrogens with zero attached hydrogens (tertiary/aromatic N) is 5. The molecule has 4 aromatic rings. The van der Waals surface area contributed by atoms with E-state index >= 15 is 0 Å². The number of aromatic nitrogens is 5. The van der Waals surface area contributed by atoms with E-state index in [1.54, 1.807) is 36.6 Å².